The molecule has 1 aromatic rings. The minimum Gasteiger partial charge on any atom is -0.384 e. The van der Waals surface area contributed by atoms with Gasteiger partial charge in [0.2, 0.25) is 0 Å². The van der Waals surface area contributed by atoms with Crippen molar-refractivity contribution < 1.29 is 9.84 Å². The SMILES string of the molecule is COC1(C(O)c2c(Cl)cnn2C(C)C)CCCC1. The van der Waals surface area contributed by atoms with E-state index in [1.807, 2.05) is 13.8 Å². The van der Waals surface area contributed by atoms with Gasteiger partial charge in [-0.25, -0.2) is 0 Å². The van der Waals surface area contributed by atoms with E-state index in [-0.39, 0.29) is 6.04 Å². The fourth-order valence-electron chi connectivity index (χ4n) is 2.83. The predicted molar refractivity (Wildman–Crippen MR) is 70.8 cm³/mol. The molecule has 1 saturated carbocycles. The van der Waals surface area contributed by atoms with E-state index in [1.165, 1.54) is 0 Å². The van der Waals surface area contributed by atoms with E-state index in [0.29, 0.717) is 10.7 Å². The zero-order chi connectivity index (χ0) is 13.3. The van der Waals surface area contributed by atoms with Crippen LogP contribution in [0.2, 0.25) is 5.02 Å². The maximum absolute atomic E-state index is 10.7. The number of methoxy groups -OCH3 is 1. The summed E-state index contributed by atoms with van der Waals surface area (Å²) >= 11 is 6.18. The summed E-state index contributed by atoms with van der Waals surface area (Å²) in [5.41, 5.74) is 0.173. The van der Waals surface area contributed by atoms with E-state index in [4.69, 9.17) is 16.3 Å². The van der Waals surface area contributed by atoms with E-state index < -0.39 is 11.7 Å². The van der Waals surface area contributed by atoms with Gasteiger partial charge in [-0.1, -0.05) is 24.4 Å². The second-order valence-corrected chi connectivity index (χ2v) is 5.70. The molecule has 1 N–H and O–H groups in total. The molecule has 0 amide bonds. The van der Waals surface area contributed by atoms with Gasteiger partial charge in [0.05, 0.1) is 22.5 Å². The Morgan fingerprint density at radius 2 is 2.06 bits per heavy atom. The molecule has 1 heterocycles. The average molecular weight is 273 g/mol. The normalized spacial score (nSPS) is 20.6. The van der Waals surface area contributed by atoms with Crippen LogP contribution in [0.15, 0.2) is 6.20 Å². The van der Waals surface area contributed by atoms with Gasteiger partial charge in [-0.15, -0.1) is 0 Å². The van der Waals surface area contributed by atoms with Crippen LogP contribution in [0.4, 0.5) is 0 Å². The Morgan fingerprint density at radius 3 is 2.56 bits per heavy atom. The molecular weight excluding hydrogens is 252 g/mol. The van der Waals surface area contributed by atoms with Crippen LogP contribution in [0.5, 0.6) is 0 Å². The van der Waals surface area contributed by atoms with Crippen LogP contribution >= 0.6 is 11.6 Å². The molecule has 0 aliphatic heterocycles. The quantitative estimate of drug-likeness (QED) is 0.916. The molecule has 2 rings (SSSR count). The zero-order valence-corrected chi connectivity index (χ0v) is 11.9. The van der Waals surface area contributed by atoms with Crippen molar-refractivity contribution in [3.63, 3.8) is 0 Å². The van der Waals surface area contributed by atoms with E-state index in [0.717, 1.165) is 25.7 Å². The lowest BCUT2D eigenvalue weighted by Gasteiger charge is -2.33. The molecule has 0 saturated heterocycles. The van der Waals surface area contributed by atoms with Crippen LogP contribution < -0.4 is 0 Å². The minimum atomic E-state index is -0.720. The van der Waals surface area contributed by atoms with E-state index in [9.17, 15) is 5.11 Å². The van der Waals surface area contributed by atoms with Gasteiger partial charge in [-0.05, 0) is 26.7 Å². The number of aromatic nitrogens is 2. The van der Waals surface area contributed by atoms with Crippen LogP contribution in [-0.4, -0.2) is 27.6 Å². The topological polar surface area (TPSA) is 47.3 Å². The third-order valence-corrected chi connectivity index (χ3v) is 4.18. The molecule has 18 heavy (non-hydrogen) atoms. The monoisotopic (exact) mass is 272 g/mol. The maximum atomic E-state index is 10.7. The van der Waals surface area contributed by atoms with Gasteiger partial charge in [0.15, 0.2) is 0 Å². The first-order chi connectivity index (χ1) is 8.52. The summed E-state index contributed by atoms with van der Waals surface area (Å²) in [6.45, 7) is 4.04. The largest absolute Gasteiger partial charge is 0.384 e. The van der Waals surface area contributed by atoms with Crippen molar-refractivity contribution in [2.45, 2.75) is 57.3 Å². The second-order valence-electron chi connectivity index (χ2n) is 5.29. The number of halogens is 1. The van der Waals surface area contributed by atoms with Gasteiger partial charge in [-0.2, -0.15) is 5.10 Å². The highest BCUT2D eigenvalue weighted by molar-refractivity contribution is 6.31. The van der Waals surface area contributed by atoms with E-state index >= 15 is 0 Å². The van der Waals surface area contributed by atoms with Gasteiger partial charge in [-0.3, -0.25) is 4.68 Å². The van der Waals surface area contributed by atoms with Crippen LogP contribution in [0, 0.1) is 0 Å². The molecule has 1 aliphatic carbocycles. The minimum absolute atomic E-state index is 0.164. The van der Waals surface area contributed by atoms with Gasteiger partial charge in [0.25, 0.3) is 0 Å². The van der Waals surface area contributed by atoms with Crippen LogP contribution in [-0.2, 0) is 4.74 Å². The lowest BCUT2D eigenvalue weighted by molar-refractivity contribution is -0.103. The van der Waals surface area contributed by atoms with Gasteiger partial charge in [0, 0.05) is 13.2 Å². The van der Waals surface area contributed by atoms with Gasteiger partial charge >= 0.3 is 0 Å². The molecule has 0 spiro atoms. The highest BCUT2D eigenvalue weighted by Gasteiger charge is 2.44. The van der Waals surface area contributed by atoms with Crippen molar-refractivity contribution in [3.05, 3.63) is 16.9 Å². The standard InChI is InChI=1S/C13H21ClN2O2/c1-9(2)16-11(10(14)8-15-16)12(17)13(18-3)6-4-5-7-13/h8-9,12,17H,4-7H2,1-3H3. The highest BCUT2D eigenvalue weighted by atomic mass is 35.5. The molecule has 0 aromatic carbocycles. The van der Waals surface area contributed by atoms with Crippen molar-refractivity contribution >= 4 is 11.6 Å². The first kappa shape index (κ1) is 13.8. The summed E-state index contributed by atoms with van der Waals surface area (Å²) in [4.78, 5) is 0. The number of aliphatic hydroxyl groups is 1. The van der Waals surface area contributed by atoms with Crippen LogP contribution in [0.1, 0.15) is 57.4 Å². The van der Waals surface area contributed by atoms with Crippen LogP contribution in [0.3, 0.4) is 0 Å². The molecule has 1 aliphatic rings. The Labute approximate surface area is 113 Å². The summed E-state index contributed by atoms with van der Waals surface area (Å²) in [5.74, 6) is 0. The number of aliphatic hydroxyl groups excluding tert-OH is 1. The number of hydrogen-bond donors (Lipinski definition) is 1. The molecule has 1 fully saturated rings. The summed E-state index contributed by atoms with van der Waals surface area (Å²) in [6, 6.07) is 0.164. The third-order valence-electron chi connectivity index (χ3n) is 3.89. The first-order valence-electron chi connectivity index (χ1n) is 6.48. The molecule has 1 unspecified atom stereocenters. The van der Waals surface area contributed by atoms with Crippen molar-refractivity contribution in [2.24, 2.45) is 0 Å². The maximum Gasteiger partial charge on any atom is 0.126 e. The highest BCUT2D eigenvalue weighted by Crippen LogP contribution is 2.44. The number of rotatable bonds is 4. The second kappa shape index (κ2) is 5.19. The van der Waals surface area contributed by atoms with E-state index in [2.05, 4.69) is 5.10 Å². The summed E-state index contributed by atoms with van der Waals surface area (Å²) in [7, 11) is 1.67. The molecule has 102 valence electrons. The lowest BCUT2D eigenvalue weighted by atomic mass is 9.92. The Balaban J connectivity index is 2.38. The molecule has 1 aromatic heterocycles. The third kappa shape index (κ3) is 2.17. The van der Waals surface area contributed by atoms with Crippen molar-refractivity contribution in [1.82, 2.24) is 9.78 Å². The summed E-state index contributed by atoms with van der Waals surface area (Å²) in [6.07, 6.45) is 4.77. The van der Waals surface area contributed by atoms with Gasteiger partial charge in [0.1, 0.15) is 6.10 Å². The predicted octanol–water partition coefficient (Wildman–Crippen LogP) is 3.11. The number of nitrogens with zero attached hydrogens (tertiary/aromatic N) is 2. The molecular formula is C13H21ClN2O2. The molecule has 0 bridgehead atoms. The van der Waals surface area contributed by atoms with Gasteiger partial charge < -0.3 is 9.84 Å². The molecule has 5 heteroatoms. The van der Waals surface area contributed by atoms with Crippen molar-refractivity contribution in [1.29, 1.82) is 0 Å². The van der Waals surface area contributed by atoms with Crippen LogP contribution in [0.25, 0.3) is 0 Å². The molecule has 1 atom stereocenters. The fourth-order valence-corrected chi connectivity index (χ4v) is 3.06. The Morgan fingerprint density at radius 1 is 1.44 bits per heavy atom. The average Bonchev–Trinajstić information content (AvgIpc) is 2.95. The smallest absolute Gasteiger partial charge is 0.126 e. The Kier molecular flexibility index (Phi) is 3.99. The summed E-state index contributed by atoms with van der Waals surface area (Å²) < 4.78 is 7.41. The van der Waals surface area contributed by atoms with Crippen molar-refractivity contribution in [3.8, 4) is 0 Å². The fraction of sp³-hybridized carbons (Fsp3) is 0.769. The number of hydrogen-bond acceptors (Lipinski definition) is 3. The molecule has 0 radical (unpaired) electrons. The Hall–Kier alpha value is -0.580. The molecule has 4 nitrogen and oxygen atoms in total. The Bertz CT molecular complexity index is 411. The number of ether oxygens (including phenoxy) is 1. The lowest BCUT2D eigenvalue weighted by Crippen LogP contribution is -2.37. The van der Waals surface area contributed by atoms with E-state index in [1.54, 1.807) is 18.0 Å². The van der Waals surface area contributed by atoms with Crippen molar-refractivity contribution in [2.75, 3.05) is 7.11 Å². The zero-order valence-electron chi connectivity index (χ0n) is 11.2. The summed E-state index contributed by atoms with van der Waals surface area (Å²) in [5, 5.41) is 15.5. The first-order valence-corrected chi connectivity index (χ1v) is 6.86.